The summed E-state index contributed by atoms with van der Waals surface area (Å²) in [6.07, 6.45) is -0.0741. The van der Waals surface area contributed by atoms with E-state index >= 15 is 0 Å². The highest BCUT2D eigenvalue weighted by molar-refractivity contribution is 5.92. The van der Waals surface area contributed by atoms with Gasteiger partial charge in [-0.05, 0) is 20.8 Å². The van der Waals surface area contributed by atoms with Gasteiger partial charge in [0.15, 0.2) is 0 Å². The van der Waals surface area contributed by atoms with Crippen LogP contribution in [-0.4, -0.2) is 35.7 Å². The molecular weight excluding hydrogens is 156 g/mol. The Labute approximate surface area is 72.6 Å². The van der Waals surface area contributed by atoms with Crippen LogP contribution >= 0.6 is 0 Å². The normalized spacial score (nSPS) is 28.2. The Balaban J connectivity index is 2.52. The van der Waals surface area contributed by atoms with Gasteiger partial charge in [0.25, 0.3) is 0 Å². The third-order valence-electron chi connectivity index (χ3n) is 1.63. The minimum absolute atomic E-state index is 0.0741. The maximum atomic E-state index is 8.60. The van der Waals surface area contributed by atoms with Crippen molar-refractivity contribution in [3.8, 4) is 0 Å². The van der Waals surface area contributed by atoms with Crippen molar-refractivity contribution in [2.75, 3.05) is 13.1 Å². The van der Waals surface area contributed by atoms with Crippen LogP contribution in [0.15, 0.2) is 5.16 Å². The molecule has 1 atom stereocenters. The van der Waals surface area contributed by atoms with Crippen molar-refractivity contribution in [1.82, 2.24) is 5.32 Å². The molecule has 12 heavy (non-hydrogen) atoms. The van der Waals surface area contributed by atoms with E-state index in [1.807, 2.05) is 20.8 Å². The highest BCUT2D eigenvalue weighted by Crippen LogP contribution is 2.13. The summed E-state index contributed by atoms with van der Waals surface area (Å²) in [5.74, 6) is 0. The molecule has 0 bridgehead atoms. The summed E-state index contributed by atoms with van der Waals surface area (Å²) in [6, 6.07) is 0. The van der Waals surface area contributed by atoms with Gasteiger partial charge < -0.3 is 15.3 Å². The molecule has 0 spiro atoms. The van der Waals surface area contributed by atoms with E-state index in [9.17, 15) is 0 Å². The fourth-order valence-corrected chi connectivity index (χ4v) is 1.20. The largest absolute Gasteiger partial charge is 0.411 e. The maximum absolute atomic E-state index is 8.60. The molecule has 0 radical (unpaired) electrons. The molecule has 0 aromatic rings. The topological polar surface area (TPSA) is 53.8 Å². The van der Waals surface area contributed by atoms with Crippen LogP contribution in [0.3, 0.4) is 0 Å². The number of nitrogens with one attached hydrogen (secondary N) is 1. The number of rotatable bonds is 1. The SMILES string of the molecule is CC(C)(C)OC1CNC/C1=N\O. The lowest BCUT2D eigenvalue weighted by molar-refractivity contribution is -0.0244. The molecule has 0 aromatic heterocycles. The van der Waals surface area contributed by atoms with Gasteiger partial charge in [0.1, 0.15) is 11.8 Å². The monoisotopic (exact) mass is 172 g/mol. The van der Waals surface area contributed by atoms with Gasteiger partial charge in [0, 0.05) is 13.1 Å². The molecule has 1 saturated heterocycles. The van der Waals surface area contributed by atoms with Crippen molar-refractivity contribution in [3.05, 3.63) is 0 Å². The van der Waals surface area contributed by atoms with Crippen molar-refractivity contribution < 1.29 is 9.94 Å². The summed E-state index contributed by atoms with van der Waals surface area (Å²) in [5, 5.41) is 14.9. The predicted molar refractivity (Wildman–Crippen MR) is 46.7 cm³/mol. The summed E-state index contributed by atoms with van der Waals surface area (Å²) in [6.45, 7) is 7.31. The van der Waals surface area contributed by atoms with Gasteiger partial charge in [0.05, 0.1) is 5.60 Å². The van der Waals surface area contributed by atoms with Gasteiger partial charge in [-0.2, -0.15) is 0 Å². The first-order valence-electron chi connectivity index (χ1n) is 4.12. The molecule has 1 heterocycles. The minimum Gasteiger partial charge on any atom is -0.411 e. The fraction of sp³-hybridized carbons (Fsp3) is 0.875. The Hall–Kier alpha value is -0.610. The van der Waals surface area contributed by atoms with E-state index in [4.69, 9.17) is 9.94 Å². The van der Waals surface area contributed by atoms with E-state index in [1.54, 1.807) is 0 Å². The summed E-state index contributed by atoms with van der Waals surface area (Å²) in [4.78, 5) is 0. The lowest BCUT2D eigenvalue weighted by atomic mass is 10.1. The van der Waals surface area contributed by atoms with Crippen molar-refractivity contribution in [2.24, 2.45) is 5.16 Å². The molecule has 0 aromatic carbocycles. The number of hydrogen-bond donors (Lipinski definition) is 2. The van der Waals surface area contributed by atoms with Crippen LogP contribution in [0, 0.1) is 0 Å². The maximum Gasteiger partial charge on any atom is 0.113 e. The molecule has 1 rings (SSSR count). The van der Waals surface area contributed by atoms with Gasteiger partial charge in [-0.3, -0.25) is 0 Å². The zero-order valence-corrected chi connectivity index (χ0v) is 7.79. The second kappa shape index (κ2) is 3.41. The summed E-state index contributed by atoms with van der Waals surface area (Å²) in [5.41, 5.74) is 0.497. The zero-order valence-electron chi connectivity index (χ0n) is 7.79. The lowest BCUT2D eigenvalue weighted by Crippen LogP contribution is -2.32. The van der Waals surface area contributed by atoms with Gasteiger partial charge >= 0.3 is 0 Å². The number of nitrogens with zero attached hydrogens (tertiary/aromatic N) is 1. The van der Waals surface area contributed by atoms with Gasteiger partial charge in [0.2, 0.25) is 0 Å². The quantitative estimate of drug-likeness (QED) is 0.450. The highest BCUT2D eigenvalue weighted by atomic mass is 16.5. The predicted octanol–water partition coefficient (Wildman–Crippen LogP) is 0.604. The smallest absolute Gasteiger partial charge is 0.113 e. The van der Waals surface area contributed by atoms with Crippen LogP contribution in [0.1, 0.15) is 20.8 Å². The van der Waals surface area contributed by atoms with E-state index in [0.717, 1.165) is 6.54 Å². The van der Waals surface area contributed by atoms with E-state index < -0.39 is 0 Å². The lowest BCUT2D eigenvalue weighted by Gasteiger charge is -2.24. The third-order valence-corrected chi connectivity index (χ3v) is 1.63. The van der Waals surface area contributed by atoms with Crippen LogP contribution in [0.5, 0.6) is 0 Å². The van der Waals surface area contributed by atoms with E-state index in [0.29, 0.717) is 12.3 Å². The summed E-state index contributed by atoms with van der Waals surface area (Å²) >= 11 is 0. The Bertz CT molecular complexity index is 184. The first kappa shape index (κ1) is 9.48. The van der Waals surface area contributed by atoms with Crippen molar-refractivity contribution >= 4 is 5.71 Å². The average molecular weight is 172 g/mol. The Morgan fingerprint density at radius 2 is 2.25 bits per heavy atom. The number of oxime groups is 1. The number of ether oxygens (including phenoxy) is 1. The molecule has 1 unspecified atom stereocenters. The van der Waals surface area contributed by atoms with Crippen molar-refractivity contribution in [1.29, 1.82) is 0 Å². The van der Waals surface area contributed by atoms with Crippen LogP contribution in [0.2, 0.25) is 0 Å². The molecule has 1 aliphatic rings. The first-order chi connectivity index (χ1) is 5.53. The third kappa shape index (κ3) is 2.46. The fourth-order valence-electron chi connectivity index (χ4n) is 1.20. The van der Waals surface area contributed by atoms with Crippen LogP contribution in [-0.2, 0) is 4.74 Å². The summed E-state index contributed by atoms with van der Waals surface area (Å²) in [7, 11) is 0. The average Bonchev–Trinajstić information content (AvgIpc) is 2.31. The van der Waals surface area contributed by atoms with Crippen LogP contribution in [0.25, 0.3) is 0 Å². The Kier molecular flexibility index (Phi) is 2.69. The van der Waals surface area contributed by atoms with Crippen molar-refractivity contribution in [2.45, 2.75) is 32.5 Å². The molecular formula is C8H16N2O2. The first-order valence-corrected chi connectivity index (χ1v) is 4.12. The second-order valence-electron chi connectivity index (χ2n) is 3.94. The Morgan fingerprint density at radius 1 is 1.58 bits per heavy atom. The molecule has 70 valence electrons. The van der Waals surface area contributed by atoms with E-state index in [2.05, 4.69) is 10.5 Å². The molecule has 2 N–H and O–H groups in total. The molecule has 0 saturated carbocycles. The van der Waals surface area contributed by atoms with Gasteiger partial charge in [-0.1, -0.05) is 5.16 Å². The molecule has 4 heteroatoms. The molecule has 4 nitrogen and oxygen atoms in total. The van der Waals surface area contributed by atoms with Crippen LogP contribution < -0.4 is 5.32 Å². The standard InChI is InChI=1S/C8H16N2O2/c1-8(2,3)12-7-5-9-4-6(7)10-11/h7,9,11H,4-5H2,1-3H3/b10-6+. The van der Waals surface area contributed by atoms with Crippen molar-refractivity contribution in [3.63, 3.8) is 0 Å². The zero-order chi connectivity index (χ0) is 9.19. The molecule has 0 aliphatic carbocycles. The van der Waals surface area contributed by atoms with Gasteiger partial charge in [-0.25, -0.2) is 0 Å². The van der Waals surface area contributed by atoms with E-state index in [-0.39, 0.29) is 11.7 Å². The summed E-state index contributed by atoms with van der Waals surface area (Å²) < 4.78 is 5.65. The van der Waals surface area contributed by atoms with E-state index in [1.165, 1.54) is 0 Å². The number of hydrogen-bond acceptors (Lipinski definition) is 4. The Morgan fingerprint density at radius 3 is 2.75 bits per heavy atom. The highest BCUT2D eigenvalue weighted by Gasteiger charge is 2.27. The molecule has 0 amide bonds. The van der Waals surface area contributed by atoms with Gasteiger partial charge in [-0.15, -0.1) is 0 Å². The molecule has 1 fully saturated rings. The second-order valence-corrected chi connectivity index (χ2v) is 3.94. The minimum atomic E-state index is -0.188. The van der Waals surface area contributed by atoms with Crippen LogP contribution in [0.4, 0.5) is 0 Å². The molecule has 1 aliphatic heterocycles.